The van der Waals surface area contributed by atoms with Crippen LogP contribution in [0.15, 0.2) is 23.0 Å². The van der Waals surface area contributed by atoms with Gasteiger partial charge in [0.25, 0.3) is 0 Å². The largest absolute Gasteiger partial charge is 0.396 e. The van der Waals surface area contributed by atoms with E-state index in [0.29, 0.717) is 0 Å². The SMILES string of the molecule is CCC(CC)(CO)CNc1ccc2[nH]c(=O)[nH]c2c1. The van der Waals surface area contributed by atoms with Gasteiger partial charge >= 0.3 is 5.69 Å². The highest BCUT2D eigenvalue weighted by Crippen LogP contribution is 2.26. The summed E-state index contributed by atoms with van der Waals surface area (Å²) in [5, 5.41) is 12.9. The van der Waals surface area contributed by atoms with Crippen LogP contribution in [0.1, 0.15) is 26.7 Å². The number of hydrogen-bond acceptors (Lipinski definition) is 3. The van der Waals surface area contributed by atoms with Crippen molar-refractivity contribution in [3.05, 3.63) is 28.7 Å². The molecule has 1 aromatic carbocycles. The van der Waals surface area contributed by atoms with E-state index in [1.807, 2.05) is 18.2 Å². The van der Waals surface area contributed by atoms with E-state index in [9.17, 15) is 9.90 Å². The molecule has 1 heterocycles. The molecule has 0 radical (unpaired) electrons. The van der Waals surface area contributed by atoms with Crippen LogP contribution in [0, 0.1) is 5.41 Å². The number of rotatable bonds is 6. The smallest absolute Gasteiger partial charge is 0.323 e. The van der Waals surface area contributed by atoms with Crippen LogP contribution < -0.4 is 11.0 Å². The van der Waals surface area contributed by atoms with Gasteiger partial charge in [-0.05, 0) is 31.0 Å². The molecule has 0 amide bonds. The molecular weight excluding hydrogens is 242 g/mol. The van der Waals surface area contributed by atoms with E-state index < -0.39 is 0 Å². The summed E-state index contributed by atoms with van der Waals surface area (Å²) in [5.74, 6) is 0. The predicted octanol–water partition coefficient (Wildman–Crippen LogP) is 2.07. The summed E-state index contributed by atoms with van der Waals surface area (Å²) >= 11 is 0. The Balaban J connectivity index is 2.15. The molecule has 0 unspecified atom stereocenters. The second kappa shape index (κ2) is 5.48. The number of aromatic amines is 2. The molecule has 0 fully saturated rings. The van der Waals surface area contributed by atoms with Gasteiger partial charge in [-0.1, -0.05) is 13.8 Å². The Morgan fingerprint density at radius 2 is 1.89 bits per heavy atom. The molecule has 2 aromatic rings. The summed E-state index contributed by atoms with van der Waals surface area (Å²) in [6.07, 6.45) is 1.85. The zero-order chi connectivity index (χ0) is 13.9. The summed E-state index contributed by atoms with van der Waals surface area (Å²) in [6, 6.07) is 5.70. The zero-order valence-electron chi connectivity index (χ0n) is 11.4. The second-order valence-corrected chi connectivity index (χ2v) is 5.06. The lowest BCUT2D eigenvalue weighted by Crippen LogP contribution is -2.32. The zero-order valence-corrected chi connectivity index (χ0v) is 11.4. The van der Waals surface area contributed by atoms with E-state index in [4.69, 9.17) is 0 Å². The fourth-order valence-corrected chi connectivity index (χ4v) is 2.21. The highest BCUT2D eigenvalue weighted by atomic mass is 16.3. The van der Waals surface area contributed by atoms with Gasteiger partial charge in [0.2, 0.25) is 0 Å². The number of aromatic nitrogens is 2. The van der Waals surface area contributed by atoms with Crippen molar-refractivity contribution in [1.29, 1.82) is 0 Å². The Morgan fingerprint density at radius 3 is 2.53 bits per heavy atom. The third-order valence-corrected chi connectivity index (χ3v) is 4.02. The van der Waals surface area contributed by atoms with Crippen molar-refractivity contribution in [2.75, 3.05) is 18.5 Å². The number of anilines is 1. The highest BCUT2D eigenvalue weighted by molar-refractivity contribution is 5.78. The van der Waals surface area contributed by atoms with Gasteiger partial charge in [-0.15, -0.1) is 0 Å². The van der Waals surface area contributed by atoms with E-state index >= 15 is 0 Å². The minimum Gasteiger partial charge on any atom is -0.396 e. The summed E-state index contributed by atoms with van der Waals surface area (Å²) in [5.41, 5.74) is 2.26. The molecule has 5 nitrogen and oxygen atoms in total. The first-order valence-corrected chi connectivity index (χ1v) is 6.69. The second-order valence-electron chi connectivity index (χ2n) is 5.06. The van der Waals surface area contributed by atoms with Crippen molar-refractivity contribution in [2.24, 2.45) is 5.41 Å². The maximum absolute atomic E-state index is 11.2. The summed E-state index contributed by atoms with van der Waals surface area (Å²) in [6.45, 7) is 5.08. The normalized spacial score (nSPS) is 11.9. The number of imidazole rings is 1. The molecule has 2 rings (SSSR count). The Labute approximate surface area is 112 Å². The Kier molecular flexibility index (Phi) is 3.95. The Bertz CT molecular complexity index is 588. The van der Waals surface area contributed by atoms with Crippen LogP contribution in [0.2, 0.25) is 0 Å². The van der Waals surface area contributed by atoms with Crippen LogP contribution in [-0.4, -0.2) is 28.2 Å². The fourth-order valence-electron chi connectivity index (χ4n) is 2.21. The molecule has 0 atom stereocenters. The van der Waals surface area contributed by atoms with Gasteiger partial charge < -0.3 is 20.4 Å². The summed E-state index contributed by atoms with van der Waals surface area (Å²) in [7, 11) is 0. The number of aliphatic hydroxyl groups excluding tert-OH is 1. The van der Waals surface area contributed by atoms with Crippen molar-refractivity contribution >= 4 is 16.7 Å². The molecule has 0 aliphatic carbocycles. The number of aliphatic hydroxyl groups is 1. The molecule has 104 valence electrons. The predicted molar refractivity (Wildman–Crippen MR) is 77.5 cm³/mol. The lowest BCUT2D eigenvalue weighted by Gasteiger charge is -2.30. The van der Waals surface area contributed by atoms with Gasteiger partial charge in [-0.2, -0.15) is 0 Å². The first-order chi connectivity index (χ1) is 9.12. The Hall–Kier alpha value is -1.75. The number of hydrogen-bond donors (Lipinski definition) is 4. The van der Waals surface area contributed by atoms with Crippen LogP contribution in [-0.2, 0) is 0 Å². The number of benzene rings is 1. The van der Waals surface area contributed by atoms with Gasteiger partial charge in [0.05, 0.1) is 17.6 Å². The van der Waals surface area contributed by atoms with Crippen LogP contribution in [0.4, 0.5) is 5.69 Å². The molecule has 19 heavy (non-hydrogen) atoms. The molecule has 0 saturated heterocycles. The fraction of sp³-hybridized carbons (Fsp3) is 0.500. The van der Waals surface area contributed by atoms with Crippen molar-refractivity contribution < 1.29 is 5.11 Å². The summed E-state index contributed by atoms with van der Waals surface area (Å²) in [4.78, 5) is 16.6. The maximum Gasteiger partial charge on any atom is 0.323 e. The third kappa shape index (κ3) is 2.81. The lowest BCUT2D eigenvalue weighted by molar-refractivity contribution is 0.127. The monoisotopic (exact) mass is 263 g/mol. The molecule has 0 spiro atoms. The average molecular weight is 263 g/mol. The number of H-pyrrole nitrogens is 2. The molecule has 5 heteroatoms. The lowest BCUT2D eigenvalue weighted by atomic mass is 9.83. The molecular formula is C14H21N3O2. The van der Waals surface area contributed by atoms with Crippen LogP contribution in [0.25, 0.3) is 11.0 Å². The minimum atomic E-state index is -0.195. The van der Waals surface area contributed by atoms with E-state index in [-0.39, 0.29) is 17.7 Å². The standard InChI is InChI=1S/C14H21N3O2/c1-3-14(4-2,9-18)8-15-10-5-6-11-12(7-10)17-13(19)16-11/h5-7,15,18H,3-4,8-9H2,1-2H3,(H2,16,17,19). The Morgan fingerprint density at radius 1 is 1.21 bits per heavy atom. The van der Waals surface area contributed by atoms with Crippen molar-refractivity contribution in [3.63, 3.8) is 0 Å². The van der Waals surface area contributed by atoms with Gasteiger partial charge in [-0.25, -0.2) is 4.79 Å². The quantitative estimate of drug-likeness (QED) is 0.644. The van der Waals surface area contributed by atoms with Gasteiger partial charge in [-0.3, -0.25) is 0 Å². The summed E-state index contributed by atoms with van der Waals surface area (Å²) < 4.78 is 0. The third-order valence-electron chi connectivity index (χ3n) is 4.02. The first kappa shape index (κ1) is 13.7. The molecule has 4 N–H and O–H groups in total. The van der Waals surface area contributed by atoms with Crippen LogP contribution in [0.3, 0.4) is 0 Å². The molecule has 0 bridgehead atoms. The van der Waals surface area contributed by atoms with Crippen LogP contribution in [0.5, 0.6) is 0 Å². The molecule has 0 saturated carbocycles. The average Bonchev–Trinajstić information content (AvgIpc) is 2.80. The topological polar surface area (TPSA) is 80.9 Å². The van der Waals surface area contributed by atoms with Crippen molar-refractivity contribution in [2.45, 2.75) is 26.7 Å². The molecule has 0 aliphatic heterocycles. The minimum absolute atomic E-state index is 0.0828. The van der Waals surface area contributed by atoms with Crippen molar-refractivity contribution in [3.8, 4) is 0 Å². The van der Waals surface area contributed by atoms with E-state index in [1.54, 1.807) is 0 Å². The van der Waals surface area contributed by atoms with E-state index in [1.165, 1.54) is 0 Å². The van der Waals surface area contributed by atoms with Crippen molar-refractivity contribution in [1.82, 2.24) is 9.97 Å². The maximum atomic E-state index is 11.2. The number of fused-ring (bicyclic) bond motifs is 1. The molecule has 0 aliphatic rings. The van der Waals surface area contributed by atoms with E-state index in [0.717, 1.165) is 36.1 Å². The van der Waals surface area contributed by atoms with Gasteiger partial charge in [0.1, 0.15) is 0 Å². The van der Waals surface area contributed by atoms with Crippen LogP contribution >= 0.6 is 0 Å². The molecule has 1 aromatic heterocycles. The van der Waals surface area contributed by atoms with E-state index in [2.05, 4.69) is 29.1 Å². The highest BCUT2D eigenvalue weighted by Gasteiger charge is 2.24. The van der Waals surface area contributed by atoms with Gasteiger partial charge in [0.15, 0.2) is 0 Å². The van der Waals surface area contributed by atoms with Gasteiger partial charge in [0, 0.05) is 17.6 Å². The first-order valence-electron chi connectivity index (χ1n) is 6.69. The number of nitrogens with one attached hydrogen (secondary N) is 3.